The van der Waals surface area contributed by atoms with Gasteiger partial charge in [0.25, 0.3) is 0 Å². The molecule has 0 aliphatic heterocycles. The average molecular weight is 299 g/mol. The summed E-state index contributed by atoms with van der Waals surface area (Å²) in [6, 6.07) is 14.5. The fourth-order valence-electron chi connectivity index (χ4n) is 2.23. The number of anilines is 1. The van der Waals surface area contributed by atoms with E-state index in [4.69, 9.17) is 5.26 Å². The Kier molecular flexibility index (Phi) is 5.79. The highest BCUT2D eigenvalue weighted by molar-refractivity contribution is 7.12. The highest BCUT2D eigenvalue weighted by Gasteiger charge is 2.06. The van der Waals surface area contributed by atoms with Crippen LogP contribution in [-0.4, -0.2) is 18.0 Å². The molecule has 4 heteroatoms. The molecule has 0 amide bonds. The molecule has 3 nitrogen and oxygen atoms in total. The molecule has 2 rings (SSSR count). The van der Waals surface area contributed by atoms with Gasteiger partial charge in [0.05, 0.1) is 0 Å². The highest BCUT2D eigenvalue weighted by Crippen LogP contribution is 2.21. The Morgan fingerprint density at radius 1 is 1.14 bits per heavy atom. The summed E-state index contributed by atoms with van der Waals surface area (Å²) in [5.74, 6) is 0. The van der Waals surface area contributed by atoms with Gasteiger partial charge in [-0.25, -0.2) is 0 Å². The van der Waals surface area contributed by atoms with Crippen molar-refractivity contribution in [1.82, 2.24) is 4.90 Å². The van der Waals surface area contributed by atoms with Crippen LogP contribution in [0.25, 0.3) is 0 Å². The third-order valence-electron chi connectivity index (χ3n) is 3.53. The van der Waals surface area contributed by atoms with E-state index in [2.05, 4.69) is 54.4 Å². The monoisotopic (exact) mass is 299 g/mol. The van der Waals surface area contributed by atoms with Crippen LogP contribution in [0.2, 0.25) is 0 Å². The summed E-state index contributed by atoms with van der Waals surface area (Å²) >= 11 is 1.55. The molecule has 1 aromatic carbocycles. The van der Waals surface area contributed by atoms with E-state index in [0.29, 0.717) is 0 Å². The fourth-order valence-corrected chi connectivity index (χ4v) is 2.98. The second kappa shape index (κ2) is 7.82. The Bertz CT molecular complexity index is 608. The summed E-state index contributed by atoms with van der Waals surface area (Å²) < 4.78 is 0. The molecule has 110 valence electrons. The van der Waals surface area contributed by atoms with Gasteiger partial charge < -0.3 is 5.32 Å². The molecular formula is C17H21N3S. The lowest BCUT2D eigenvalue weighted by molar-refractivity contribution is 0.296. The highest BCUT2D eigenvalue weighted by atomic mass is 32.1. The maximum absolute atomic E-state index is 8.87. The minimum Gasteiger partial charge on any atom is -0.380 e. The molecule has 0 aliphatic carbocycles. The summed E-state index contributed by atoms with van der Waals surface area (Å²) in [7, 11) is 0. The molecule has 0 unspecified atom stereocenters. The van der Waals surface area contributed by atoms with Gasteiger partial charge >= 0.3 is 0 Å². The molecule has 1 N–H and O–H groups in total. The minimum absolute atomic E-state index is 0.765. The molecular weight excluding hydrogens is 278 g/mol. The smallest absolute Gasteiger partial charge is 0.110 e. The summed E-state index contributed by atoms with van der Waals surface area (Å²) in [6.45, 7) is 8.22. The first-order valence-electron chi connectivity index (χ1n) is 7.29. The van der Waals surface area contributed by atoms with Crippen LogP contribution < -0.4 is 5.32 Å². The molecule has 21 heavy (non-hydrogen) atoms. The molecule has 1 heterocycles. The van der Waals surface area contributed by atoms with Crippen molar-refractivity contribution in [3.8, 4) is 6.07 Å². The maximum Gasteiger partial charge on any atom is 0.110 e. The standard InChI is InChI=1S/C17H21N3S/c1-3-20(4-2)13-14-7-5-6-8-17(14)19-12-16-10-9-15(11-18)21-16/h5-10,19H,3-4,12-13H2,1-2H3. The van der Waals surface area contributed by atoms with Crippen LogP contribution in [0, 0.1) is 11.3 Å². The zero-order chi connectivity index (χ0) is 15.1. The van der Waals surface area contributed by atoms with E-state index < -0.39 is 0 Å². The van der Waals surface area contributed by atoms with Crippen LogP contribution in [-0.2, 0) is 13.1 Å². The molecule has 0 aliphatic rings. The molecule has 0 saturated heterocycles. The molecule has 0 bridgehead atoms. The fraction of sp³-hybridized carbons (Fsp3) is 0.353. The van der Waals surface area contributed by atoms with Crippen LogP contribution in [0.15, 0.2) is 36.4 Å². The second-order valence-corrected chi connectivity index (χ2v) is 6.02. The van der Waals surface area contributed by atoms with Crippen molar-refractivity contribution in [2.75, 3.05) is 18.4 Å². The minimum atomic E-state index is 0.765. The zero-order valence-electron chi connectivity index (χ0n) is 12.6. The number of benzene rings is 1. The van der Waals surface area contributed by atoms with E-state index in [9.17, 15) is 0 Å². The van der Waals surface area contributed by atoms with Gasteiger partial charge in [-0.1, -0.05) is 32.0 Å². The van der Waals surface area contributed by atoms with Crippen LogP contribution in [0.1, 0.15) is 29.2 Å². The van der Waals surface area contributed by atoms with Gasteiger partial charge in [-0.05, 0) is 36.9 Å². The topological polar surface area (TPSA) is 39.1 Å². The number of thiophene rings is 1. The van der Waals surface area contributed by atoms with Crippen LogP contribution in [0.3, 0.4) is 0 Å². The van der Waals surface area contributed by atoms with Crippen LogP contribution >= 0.6 is 11.3 Å². The third-order valence-corrected chi connectivity index (χ3v) is 4.52. The predicted octanol–water partition coefficient (Wildman–Crippen LogP) is 4.07. The van der Waals surface area contributed by atoms with Crippen LogP contribution in [0.4, 0.5) is 5.69 Å². The number of para-hydroxylation sites is 1. The number of hydrogen-bond acceptors (Lipinski definition) is 4. The summed E-state index contributed by atoms with van der Waals surface area (Å²) in [5, 5.41) is 12.4. The van der Waals surface area contributed by atoms with Gasteiger partial charge in [0.1, 0.15) is 10.9 Å². The Balaban J connectivity index is 2.04. The van der Waals surface area contributed by atoms with Gasteiger partial charge in [-0.15, -0.1) is 11.3 Å². The first-order valence-corrected chi connectivity index (χ1v) is 8.11. The van der Waals surface area contributed by atoms with E-state index >= 15 is 0 Å². The van der Waals surface area contributed by atoms with Crippen molar-refractivity contribution in [3.63, 3.8) is 0 Å². The van der Waals surface area contributed by atoms with Crippen LogP contribution in [0.5, 0.6) is 0 Å². The van der Waals surface area contributed by atoms with Crippen molar-refractivity contribution in [3.05, 3.63) is 51.7 Å². The molecule has 0 radical (unpaired) electrons. The van der Waals surface area contributed by atoms with E-state index in [1.54, 1.807) is 11.3 Å². The lowest BCUT2D eigenvalue weighted by atomic mass is 10.1. The Morgan fingerprint density at radius 2 is 1.90 bits per heavy atom. The summed E-state index contributed by atoms with van der Waals surface area (Å²) in [4.78, 5) is 4.35. The van der Waals surface area contributed by atoms with Gasteiger partial charge in [-0.2, -0.15) is 5.26 Å². The number of nitrogens with one attached hydrogen (secondary N) is 1. The van der Waals surface area contributed by atoms with Gasteiger partial charge in [0, 0.05) is 23.7 Å². The van der Waals surface area contributed by atoms with Gasteiger partial charge in [0.2, 0.25) is 0 Å². The van der Waals surface area contributed by atoms with Gasteiger partial charge in [0.15, 0.2) is 0 Å². The van der Waals surface area contributed by atoms with Crippen molar-refractivity contribution >= 4 is 17.0 Å². The Hall–Kier alpha value is -1.83. The first-order chi connectivity index (χ1) is 10.3. The Morgan fingerprint density at radius 3 is 2.57 bits per heavy atom. The van der Waals surface area contributed by atoms with Crippen molar-refractivity contribution in [1.29, 1.82) is 5.26 Å². The molecule has 1 aromatic heterocycles. The second-order valence-electron chi connectivity index (χ2n) is 4.85. The normalized spacial score (nSPS) is 10.6. The largest absolute Gasteiger partial charge is 0.380 e. The van der Waals surface area contributed by atoms with Crippen molar-refractivity contribution in [2.24, 2.45) is 0 Å². The zero-order valence-corrected chi connectivity index (χ0v) is 13.4. The first kappa shape index (κ1) is 15.6. The number of hydrogen-bond donors (Lipinski definition) is 1. The summed E-state index contributed by atoms with van der Waals surface area (Å²) in [6.07, 6.45) is 0. The van der Waals surface area contributed by atoms with E-state index in [-0.39, 0.29) is 0 Å². The molecule has 0 saturated carbocycles. The maximum atomic E-state index is 8.87. The molecule has 0 atom stereocenters. The SMILES string of the molecule is CCN(CC)Cc1ccccc1NCc1ccc(C#N)s1. The molecule has 2 aromatic rings. The van der Waals surface area contributed by atoms with Crippen molar-refractivity contribution < 1.29 is 0 Å². The lowest BCUT2D eigenvalue weighted by Gasteiger charge is -2.20. The number of nitriles is 1. The van der Waals surface area contributed by atoms with E-state index in [1.165, 1.54) is 16.1 Å². The third kappa shape index (κ3) is 4.32. The van der Waals surface area contributed by atoms with E-state index in [0.717, 1.165) is 31.1 Å². The quantitative estimate of drug-likeness (QED) is 0.837. The van der Waals surface area contributed by atoms with E-state index in [1.807, 2.05) is 12.1 Å². The molecule has 0 fully saturated rings. The molecule has 0 spiro atoms. The number of nitrogens with zero attached hydrogens (tertiary/aromatic N) is 2. The van der Waals surface area contributed by atoms with Crippen molar-refractivity contribution in [2.45, 2.75) is 26.9 Å². The average Bonchev–Trinajstić information content (AvgIpc) is 2.99. The predicted molar refractivity (Wildman–Crippen MR) is 89.4 cm³/mol. The van der Waals surface area contributed by atoms with Gasteiger partial charge in [-0.3, -0.25) is 4.90 Å². The summed E-state index contributed by atoms with van der Waals surface area (Å²) in [5.41, 5.74) is 2.49. The lowest BCUT2D eigenvalue weighted by Crippen LogP contribution is -2.22. The number of rotatable bonds is 7. The Labute approximate surface area is 130 Å².